The second-order valence-electron chi connectivity index (χ2n) is 6.01. The number of aliphatic hydroxyl groups excluding tert-OH is 1. The molecule has 0 spiro atoms. The van der Waals surface area contributed by atoms with E-state index in [0.717, 1.165) is 12.8 Å². The predicted molar refractivity (Wildman–Crippen MR) is 89.3 cm³/mol. The number of ether oxygens (including phenoxy) is 1. The summed E-state index contributed by atoms with van der Waals surface area (Å²) >= 11 is 0. The van der Waals surface area contributed by atoms with Crippen LogP contribution in [0.3, 0.4) is 0 Å². The van der Waals surface area contributed by atoms with Crippen molar-refractivity contribution in [3.8, 4) is 17.1 Å². The van der Waals surface area contributed by atoms with Gasteiger partial charge < -0.3 is 14.7 Å². The van der Waals surface area contributed by atoms with Crippen LogP contribution in [0.15, 0.2) is 30.6 Å². The van der Waals surface area contributed by atoms with Gasteiger partial charge in [0, 0.05) is 61.9 Å². The van der Waals surface area contributed by atoms with E-state index in [0.29, 0.717) is 24.2 Å². The van der Waals surface area contributed by atoms with Gasteiger partial charge in [-0.3, -0.25) is 4.79 Å². The third-order valence-electron chi connectivity index (χ3n) is 4.35. The van der Waals surface area contributed by atoms with Crippen LogP contribution in [0.5, 0.6) is 6.01 Å². The van der Waals surface area contributed by atoms with Crippen molar-refractivity contribution in [2.75, 3.05) is 13.1 Å². The first-order chi connectivity index (χ1) is 12.1. The Hall–Kier alpha value is -2.54. The van der Waals surface area contributed by atoms with Gasteiger partial charge in [-0.1, -0.05) is 18.2 Å². The Bertz CT molecular complexity index is 744. The van der Waals surface area contributed by atoms with E-state index >= 15 is 0 Å². The number of hydrogen-bond donors (Lipinski definition) is 1. The molecule has 1 amide bonds. The molecular weight excluding hydrogens is 325 g/mol. The third kappa shape index (κ3) is 3.93. The van der Waals surface area contributed by atoms with Crippen molar-refractivity contribution in [3.05, 3.63) is 42.0 Å². The lowest BCUT2D eigenvalue weighted by Gasteiger charge is -2.30. The summed E-state index contributed by atoms with van der Waals surface area (Å²) in [6.45, 7) is 2.53. The van der Waals surface area contributed by atoms with Crippen molar-refractivity contribution in [3.63, 3.8) is 0 Å². The number of halogens is 1. The SMILES string of the molecule is CC(=O)N1CCC(Oc2ncc(-c3cccc(CO)c3F)cn2)CC1. The van der Waals surface area contributed by atoms with Gasteiger partial charge in [-0.2, -0.15) is 0 Å². The minimum atomic E-state index is -0.473. The Balaban J connectivity index is 1.66. The Morgan fingerprint density at radius 2 is 2.00 bits per heavy atom. The van der Waals surface area contributed by atoms with Crippen molar-refractivity contribution < 1.29 is 19.0 Å². The van der Waals surface area contributed by atoms with E-state index in [4.69, 9.17) is 9.84 Å². The van der Waals surface area contributed by atoms with Crippen molar-refractivity contribution >= 4 is 5.91 Å². The first-order valence-corrected chi connectivity index (χ1v) is 8.21. The minimum absolute atomic E-state index is 0.0316. The van der Waals surface area contributed by atoms with Crippen molar-refractivity contribution in [1.29, 1.82) is 0 Å². The van der Waals surface area contributed by atoms with Crippen LogP contribution >= 0.6 is 0 Å². The number of carbonyl (C=O) groups is 1. The summed E-state index contributed by atoms with van der Waals surface area (Å²) in [5, 5.41) is 9.15. The number of piperidine rings is 1. The molecule has 1 fully saturated rings. The van der Waals surface area contributed by atoms with E-state index in [9.17, 15) is 9.18 Å². The van der Waals surface area contributed by atoms with Gasteiger partial charge in [-0.25, -0.2) is 14.4 Å². The van der Waals surface area contributed by atoms with E-state index in [2.05, 4.69) is 9.97 Å². The van der Waals surface area contributed by atoms with Gasteiger partial charge in [0.05, 0.1) is 6.61 Å². The molecule has 1 aliphatic rings. The lowest BCUT2D eigenvalue weighted by molar-refractivity contribution is -0.130. The molecule has 0 atom stereocenters. The number of rotatable bonds is 4. The molecule has 1 aromatic heterocycles. The minimum Gasteiger partial charge on any atom is -0.460 e. The van der Waals surface area contributed by atoms with E-state index in [1.54, 1.807) is 24.0 Å². The van der Waals surface area contributed by atoms with Crippen LogP contribution < -0.4 is 4.74 Å². The maximum atomic E-state index is 14.3. The molecule has 0 unspecified atom stereocenters. The van der Waals surface area contributed by atoms with E-state index in [1.807, 2.05) is 0 Å². The molecule has 25 heavy (non-hydrogen) atoms. The number of likely N-dealkylation sites (tertiary alicyclic amines) is 1. The Kier molecular flexibility index (Phi) is 5.23. The van der Waals surface area contributed by atoms with E-state index < -0.39 is 5.82 Å². The van der Waals surface area contributed by atoms with Gasteiger partial charge in [0.1, 0.15) is 11.9 Å². The van der Waals surface area contributed by atoms with Crippen LogP contribution in [0.1, 0.15) is 25.3 Å². The second kappa shape index (κ2) is 7.57. The van der Waals surface area contributed by atoms with Crippen LogP contribution in [0.4, 0.5) is 4.39 Å². The van der Waals surface area contributed by atoms with Crippen LogP contribution in [-0.2, 0) is 11.4 Å². The highest BCUT2D eigenvalue weighted by atomic mass is 19.1. The zero-order chi connectivity index (χ0) is 17.8. The van der Waals surface area contributed by atoms with E-state index in [-0.39, 0.29) is 30.2 Å². The molecule has 0 aliphatic carbocycles. The number of amides is 1. The summed E-state index contributed by atoms with van der Waals surface area (Å²) in [6.07, 6.45) is 4.45. The lowest BCUT2D eigenvalue weighted by Crippen LogP contribution is -2.40. The molecule has 1 saturated heterocycles. The Labute approximate surface area is 145 Å². The standard InChI is InChI=1S/C18H20FN3O3/c1-12(24)22-7-5-15(6-8-22)25-18-20-9-14(10-21-18)16-4-2-3-13(11-23)17(16)19/h2-4,9-10,15,23H,5-8,11H2,1H3. The molecule has 2 aromatic rings. The fourth-order valence-electron chi connectivity index (χ4n) is 2.88. The number of aliphatic hydroxyl groups is 1. The molecular formula is C18H20FN3O3. The summed E-state index contributed by atoms with van der Waals surface area (Å²) < 4.78 is 20.0. The molecule has 2 heterocycles. The Morgan fingerprint density at radius 1 is 1.32 bits per heavy atom. The molecule has 1 N–H and O–H groups in total. The molecule has 7 heteroatoms. The van der Waals surface area contributed by atoms with Crippen LogP contribution in [-0.4, -0.2) is 45.1 Å². The lowest BCUT2D eigenvalue weighted by atomic mass is 10.1. The number of carbonyl (C=O) groups excluding carboxylic acids is 1. The monoisotopic (exact) mass is 345 g/mol. The quantitative estimate of drug-likeness (QED) is 0.919. The maximum absolute atomic E-state index is 14.3. The summed E-state index contributed by atoms with van der Waals surface area (Å²) in [6, 6.07) is 5.07. The van der Waals surface area contributed by atoms with Crippen LogP contribution in [0, 0.1) is 5.82 Å². The number of nitrogens with zero attached hydrogens (tertiary/aromatic N) is 3. The number of aromatic nitrogens is 2. The molecule has 3 rings (SSSR count). The van der Waals surface area contributed by atoms with Crippen molar-refractivity contribution in [1.82, 2.24) is 14.9 Å². The third-order valence-corrected chi connectivity index (χ3v) is 4.35. The molecule has 132 valence electrons. The normalized spacial score (nSPS) is 15.2. The topological polar surface area (TPSA) is 75.6 Å². The highest BCUT2D eigenvalue weighted by molar-refractivity contribution is 5.73. The highest BCUT2D eigenvalue weighted by Crippen LogP contribution is 2.25. The molecule has 0 bridgehead atoms. The zero-order valence-electron chi connectivity index (χ0n) is 14.0. The molecule has 1 aromatic carbocycles. The van der Waals surface area contributed by atoms with Crippen LogP contribution in [0.25, 0.3) is 11.1 Å². The van der Waals surface area contributed by atoms with Gasteiger partial charge in [-0.15, -0.1) is 0 Å². The average Bonchev–Trinajstić information content (AvgIpc) is 2.63. The predicted octanol–water partition coefficient (Wildman–Crippen LogP) is 2.16. The van der Waals surface area contributed by atoms with Gasteiger partial charge in [0.15, 0.2) is 0 Å². The molecule has 0 radical (unpaired) electrons. The smallest absolute Gasteiger partial charge is 0.316 e. The van der Waals surface area contributed by atoms with Gasteiger partial charge in [0.2, 0.25) is 5.91 Å². The summed E-state index contributed by atoms with van der Waals surface area (Å²) in [7, 11) is 0. The fourth-order valence-corrected chi connectivity index (χ4v) is 2.88. The maximum Gasteiger partial charge on any atom is 0.316 e. The first kappa shape index (κ1) is 17.3. The molecule has 0 saturated carbocycles. The van der Waals surface area contributed by atoms with E-state index in [1.165, 1.54) is 18.5 Å². The van der Waals surface area contributed by atoms with Gasteiger partial charge in [-0.05, 0) is 0 Å². The average molecular weight is 345 g/mol. The van der Waals surface area contributed by atoms with Crippen molar-refractivity contribution in [2.24, 2.45) is 0 Å². The zero-order valence-corrected chi connectivity index (χ0v) is 14.0. The van der Waals surface area contributed by atoms with Crippen LogP contribution in [0.2, 0.25) is 0 Å². The fraction of sp³-hybridized carbons (Fsp3) is 0.389. The Morgan fingerprint density at radius 3 is 2.60 bits per heavy atom. The van der Waals surface area contributed by atoms with Gasteiger partial charge in [0.25, 0.3) is 0 Å². The summed E-state index contributed by atoms with van der Waals surface area (Å²) in [5.41, 5.74) is 1.09. The largest absolute Gasteiger partial charge is 0.460 e. The first-order valence-electron chi connectivity index (χ1n) is 8.21. The molecule has 6 nitrogen and oxygen atoms in total. The molecule has 1 aliphatic heterocycles. The summed E-state index contributed by atoms with van der Waals surface area (Å²) in [4.78, 5) is 21.4. The van der Waals surface area contributed by atoms with Gasteiger partial charge >= 0.3 is 6.01 Å². The second-order valence-corrected chi connectivity index (χ2v) is 6.01. The van der Waals surface area contributed by atoms with Crippen molar-refractivity contribution in [2.45, 2.75) is 32.5 Å². The summed E-state index contributed by atoms with van der Waals surface area (Å²) in [5.74, 6) is -0.398. The number of benzene rings is 1. The number of hydrogen-bond acceptors (Lipinski definition) is 5. The highest BCUT2D eigenvalue weighted by Gasteiger charge is 2.22.